The minimum absolute atomic E-state index is 0.00486. The largest absolute Gasteiger partial charge is 0.442 e. The smallest absolute Gasteiger partial charge is 0.414 e. The van der Waals surface area contributed by atoms with Crippen molar-refractivity contribution in [1.29, 1.82) is 0 Å². The Morgan fingerprint density at radius 2 is 2.20 bits per heavy atom. The normalized spacial score (nSPS) is 21.0. The van der Waals surface area contributed by atoms with Crippen molar-refractivity contribution < 1.29 is 27.5 Å². The Bertz CT molecular complexity index is 759. The first-order valence-corrected chi connectivity index (χ1v) is 7.59. The van der Waals surface area contributed by atoms with Crippen LogP contribution < -0.4 is 10.2 Å². The van der Waals surface area contributed by atoms with Crippen LogP contribution in [0.25, 0.3) is 4.85 Å². The summed E-state index contributed by atoms with van der Waals surface area (Å²) in [6.07, 6.45) is -3.51. The zero-order chi connectivity index (χ0) is 18.2. The monoisotopic (exact) mass is 353 g/mol. The lowest BCUT2D eigenvalue weighted by Gasteiger charge is -2.14. The highest BCUT2D eigenvalue weighted by Gasteiger charge is 2.54. The first-order valence-electron chi connectivity index (χ1n) is 7.59. The summed E-state index contributed by atoms with van der Waals surface area (Å²) >= 11 is 0. The van der Waals surface area contributed by atoms with Gasteiger partial charge < -0.3 is 14.9 Å². The molecule has 2 aliphatic rings. The van der Waals surface area contributed by atoms with Crippen LogP contribution in [-0.4, -0.2) is 37.6 Å². The predicted molar refractivity (Wildman–Crippen MR) is 80.5 cm³/mol. The number of carbonyl (C=O) groups excluding carboxylic acids is 2. The minimum Gasteiger partial charge on any atom is -0.442 e. The standard InChI is InChI=1S/C16H14F3N3O3/c1-20-16(4-5-16)11-3-2-9(6-12(11)17)22-8-10(25-15(22)24)7-21-14(23)13(18)19/h2-3,6,10,13H,4-5,7-8H2,(H,21,23)/t10-/m0/s1. The second kappa shape index (κ2) is 6.27. The molecule has 1 N–H and O–H groups in total. The highest BCUT2D eigenvalue weighted by Crippen LogP contribution is 2.50. The van der Waals surface area contributed by atoms with Gasteiger partial charge in [0.15, 0.2) is 0 Å². The SMILES string of the molecule is [C-]#[N+]C1(c2ccc(N3C[C@H](CNC(=O)C(F)F)OC3=O)cc2F)CC1. The van der Waals surface area contributed by atoms with Crippen LogP contribution >= 0.6 is 0 Å². The van der Waals surface area contributed by atoms with Crippen LogP contribution in [0.4, 0.5) is 23.7 Å². The van der Waals surface area contributed by atoms with Crippen molar-refractivity contribution in [2.75, 3.05) is 18.0 Å². The summed E-state index contributed by atoms with van der Waals surface area (Å²) in [5.74, 6) is -2.02. The molecular formula is C16H14F3N3O3. The molecule has 1 aromatic carbocycles. The van der Waals surface area contributed by atoms with E-state index in [1.807, 2.05) is 5.32 Å². The van der Waals surface area contributed by atoms with Gasteiger partial charge >= 0.3 is 12.5 Å². The van der Waals surface area contributed by atoms with Crippen LogP contribution in [0, 0.1) is 12.4 Å². The summed E-state index contributed by atoms with van der Waals surface area (Å²) < 4.78 is 43.6. The van der Waals surface area contributed by atoms with Gasteiger partial charge in [0.05, 0.1) is 24.3 Å². The molecule has 3 rings (SSSR count). The molecular weight excluding hydrogens is 339 g/mol. The molecule has 1 saturated carbocycles. The van der Waals surface area contributed by atoms with Crippen molar-refractivity contribution in [1.82, 2.24) is 5.32 Å². The van der Waals surface area contributed by atoms with E-state index >= 15 is 0 Å². The fourth-order valence-electron chi connectivity index (χ4n) is 2.74. The van der Waals surface area contributed by atoms with E-state index in [0.717, 1.165) is 11.0 Å². The van der Waals surface area contributed by atoms with Crippen LogP contribution in [0.3, 0.4) is 0 Å². The highest BCUT2D eigenvalue weighted by molar-refractivity contribution is 5.90. The molecule has 9 heteroatoms. The maximum Gasteiger partial charge on any atom is 0.414 e. The summed E-state index contributed by atoms with van der Waals surface area (Å²) in [6.45, 7) is 6.92. The maximum atomic E-state index is 14.3. The maximum absolute atomic E-state index is 14.3. The molecule has 0 bridgehead atoms. The van der Waals surface area contributed by atoms with Gasteiger partial charge in [0.25, 0.3) is 11.4 Å². The van der Waals surface area contributed by atoms with E-state index in [4.69, 9.17) is 11.3 Å². The third-order valence-electron chi connectivity index (χ3n) is 4.28. The molecule has 1 saturated heterocycles. The van der Waals surface area contributed by atoms with E-state index in [-0.39, 0.29) is 18.8 Å². The lowest BCUT2D eigenvalue weighted by atomic mass is 10.0. The second-order valence-electron chi connectivity index (χ2n) is 5.97. The van der Waals surface area contributed by atoms with Gasteiger partial charge in [-0.1, -0.05) is 0 Å². The molecule has 0 aromatic heterocycles. The van der Waals surface area contributed by atoms with Gasteiger partial charge in [-0.3, -0.25) is 9.69 Å². The highest BCUT2D eigenvalue weighted by atomic mass is 19.3. The van der Waals surface area contributed by atoms with Crippen LogP contribution in [0.2, 0.25) is 0 Å². The van der Waals surface area contributed by atoms with Crippen molar-refractivity contribution >= 4 is 17.7 Å². The van der Waals surface area contributed by atoms with Crippen LogP contribution in [0.5, 0.6) is 0 Å². The van der Waals surface area contributed by atoms with Crippen molar-refractivity contribution in [3.8, 4) is 0 Å². The van der Waals surface area contributed by atoms with Crippen LogP contribution in [-0.2, 0) is 15.1 Å². The number of anilines is 1. The Labute approximate surface area is 141 Å². The van der Waals surface area contributed by atoms with Gasteiger partial charge in [0, 0.05) is 12.8 Å². The summed E-state index contributed by atoms with van der Waals surface area (Å²) in [5, 5.41) is 1.97. The number of halogens is 3. The van der Waals surface area contributed by atoms with Crippen molar-refractivity contribution in [2.24, 2.45) is 0 Å². The van der Waals surface area contributed by atoms with Crippen molar-refractivity contribution in [2.45, 2.75) is 30.9 Å². The number of cyclic esters (lactones) is 1. The molecule has 132 valence electrons. The van der Waals surface area contributed by atoms with E-state index in [0.29, 0.717) is 18.4 Å². The van der Waals surface area contributed by atoms with Gasteiger partial charge in [-0.15, -0.1) is 0 Å². The Hall–Kier alpha value is -2.76. The molecule has 1 aliphatic carbocycles. The molecule has 0 spiro atoms. The Kier molecular flexibility index (Phi) is 4.29. The molecule has 6 nitrogen and oxygen atoms in total. The summed E-state index contributed by atoms with van der Waals surface area (Å²) in [6, 6.07) is 4.15. The molecule has 1 aromatic rings. The summed E-state index contributed by atoms with van der Waals surface area (Å²) in [7, 11) is 0. The lowest BCUT2D eigenvalue weighted by molar-refractivity contribution is -0.132. The molecule has 1 atom stereocenters. The minimum atomic E-state index is -3.15. The fraction of sp³-hybridized carbons (Fsp3) is 0.438. The van der Waals surface area contributed by atoms with Gasteiger partial charge in [-0.05, 0) is 18.2 Å². The number of carbonyl (C=O) groups is 2. The van der Waals surface area contributed by atoms with Gasteiger partial charge in [0.1, 0.15) is 11.9 Å². The Morgan fingerprint density at radius 1 is 1.48 bits per heavy atom. The Balaban J connectivity index is 1.68. The number of amides is 2. The van der Waals surface area contributed by atoms with E-state index in [1.54, 1.807) is 0 Å². The Morgan fingerprint density at radius 3 is 2.76 bits per heavy atom. The van der Waals surface area contributed by atoms with Crippen LogP contribution in [0.15, 0.2) is 18.2 Å². The average molecular weight is 353 g/mol. The third kappa shape index (κ3) is 3.24. The zero-order valence-electron chi connectivity index (χ0n) is 13.0. The number of hydrogen-bond donors (Lipinski definition) is 1. The van der Waals surface area contributed by atoms with E-state index in [1.165, 1.54) is 12.1 Å². The summed E-state index contributed by atoms with van der Waals surface area (Å²) in [4.78, 5) is 27.4. The second-order valence-corrected chi connectivity index (χ2v) is 5.97. The molecule has 25 heavy (non-hydrogen) atoms. The zero-order valence-corrected chi connectivity index (χ0v) is 13.0. The van der Waals surface area contributed by atoms with Crippen LogP contribution in [0.1, 0.15) is 18.4 Å². The first kappa shape index (κ1) is 17.1. The van der Waals surface area contributed by atoms with Crippen molar-refractivity contribution in [3.63, 3.8) is 0 Å². The molecule has 1 aliphatic heterocycles. The molecule has 2 amide bonds. The molecule has 2 fully saturated rings. The topological polar surface area (TPSA) is 63.0 Å². The number of nitrogens with zero attached hydrogens (tertiary/aromatic N) is 2. The fourth-order valence-corrected chi connectivity index (χ4v) is 2.74. The van der Waals surface area contributed by atoms with Crippen molar-refractivity contribution in [3.05, 3.63) is 41.0 Å². The van der Waals surface area contributed by atoms with E-state index in [9.17, 15) is 22.8 Å². The average Bonchev–Trinajstić information content (AvgIpc) is 3.28. The lowest BCUT2D eigenvalue weighted by Crippen LogP contribution is -2.37. The number of hydrogen-bond acceptors (Lipinski definition) is 3. The molecule has 0 radical (unpaired) electrons. The third-order valence-corrected chi connectivity index (χ3v) is 4.28. The first-order chi connectivity index (χ1) is 11.9. The number of benzene rings is 1. The number of nitrogens with one attached hydrogen (secondary N) is 1. The number of rotatable bonds is 5. The van der Waals surface area contributed by atoms with E-state index < -0.39 is 35.9 Å². The predicted octanol–water partition coefficient (Wildman–Crippen LogP) is 2.44. The van der Waals surface area contributed by atoms with Gasteiger partial charge in [0.2, 0.25) is 0 Å². The molecule has 1 heterocycles. The van der Waals surface area contributed by atoms with E-state index in [2.05, 4.69) is 4.85 Å². The molecule has 0 unspecified atom stereocenters. The summed E-state index contributed by atoms with van der Waals surface area (Å²) in [5.41, 5.74) is -0.245. The number of alkyl halides is 2. The van der Waals surface area contributed by atoms with Gasteiger partial charge in [-0.2, -0.15) is 8.78 Å². The quantitative estimate of drug-likeness (QED) is 0.827. The number of ether oxygens (including phenoxy) is 1. The van der Waals surface area contributed by atoms with Gasteiger partial charge in [-0.25, -0.2) is 15.8 Å².